The van der Waals surface area contributed by atoms with E-state index in [0.29, 0.717) is 13.0 Å². The first-order valence-electron chi connectivity index (χ1n) is 7.07. The highest BCUT2D eigenvalue weighted by atomic mass is 32.1. The summed E-state index contributed by atoms with van der Waals surface area (Å²) in [5.74, 6) is -0.00453. The molecule has 1 aromatic carbocycles. The van der Waals surface area contributed by atoms with Crippen molar-refractivity contribution in [2.45, 2.75) is 18.9 Å². The first kappa shape index (κ1) is 14.6. The van der Waals surface area contributed by atoms with Crippen LogP contribution in [-0.2, 0) is 16.0 Å². The quantitative estimate of drug-likeness (QED) is 0.890. The maximum atomic E-state index is 11.9. The molecule has 0 bridgehead atoms. The average molecular weight is 316 g/mol. The summed E-state index contributed by atoms with van der Waals surface area (Å²) in [6.45, 7) is 0.478. The number of benzene rings is 1. The lowest BCUT2D eigenvalue weighted by molar-refractivity contribution is -0.116. The highest BCUT2D eigenvalue weighted by Crippen LogP contribution is 2.22. The number of hydrogen-bond donors (Lipinski definition) is 2. The van der Waals surface area contributed by atoms with Crippen molar-refractivity contribution in [3.63, 3.8) is 0 Å². The summed E-state index contributed by atoms with van der Waals surface area (Å²) in [6, 6.07) is 11.4. The zero-order valence-electron chi connectivity index (χ0n) is 11.9. The van der Waals surface area contributed by atoms with Gasteiger partial charge < -0.3 is 15.4 Å². The van der Waals surface area contributed by atoms with Crippen molar-refractivity contribution in [3.8, 4) is 0 Å². The Kier molecular flexibility index (Phi) is 4.39. The minimum atomic E-state index is -0.393. The van der Waals surface area contributed by atoms with Gasteiger partial charge in [-0.15, -0.1) is 11.3 Å². The predicted octanol–water partition coefficient (Wildman–Crippen LogP) is 3.10. The molecule has 2 amide bonds. The van der Waals surface area contributed by atoms with Gasteiger partial charge in [-0.2, -0.15) is 0 Å². The van der Waals surface area contributed by atoms with Crippen molar-refractivity contribution in [1.29, 1.82) is 0 Å². The van der Waals surface area contributed by atoms with Crippen LogP contribution in [0.3, 0.4) is 0 Å². The third-order valence-electron chi connectivity index (χ3n) is 3.43. The van der Waals surface area contributed by atoms with Crippen LogP contribution in [0.1, 0.15) is 23.0 Å². The number of thiophene rings is 1. The fourth-order valence-electron chi connectivity index (χ4n) is 2.27. The summed E-state index contributed by atoms with van der Waals surface area (Å²) < 4.78 is 5.11. The van der Waals surface area contributed by atoms with Crippen LogP contribution >= 0.6 is 11.3 Å². The Morgan fingerprint density at radius 2 is 2.14 bits per heavy atom. The number of amides is 2. The molecule has 2 heterocycles. The molecule has 22 heavy (non-hydrogen) atoms. The van der Waals surface area contributed by atoms with Crippen LogP contribution in [0.5, 0.6) is 0 Å². The lowest BCUT2D eigenvalue weighted by Crippen LogP contribution is -2.13. The van der Waals surface area contributed by atoms with Crippen LogP contribution in [0.25, 0.3) is 0 Å². The number of carbonyl (C=O) groups is 2. The number of ether oxygens (including phenoxy) is 1. The second-order valence-electron chi connectivity index (χ2n) is 5.02. The van der Waals surface area contributed by atoms with Crippen molar-refractivity contribution in [2.75, 3.05) is 11.9 Å². The molecule has 1 saturated heterocycles. The average Bonchev–Trinajstić information content (AvgIpc) is 3.17. The Morgan fingerprint density at radius 3 is 2.77 bits per heavy atom. The lowest BCUT2D eigenvalue weighted by Gasteiger charge is -2.09. The Balaban J connectivity index is 1.52. The fraction of sp³-hybridized carbons (Fsp3) is 0.250. The van der Waals surface area contributed by atoms with Gasteiger partial charge in [-0.05, 0) is 35.6 Å². The summed E-state index contributed by atoms with van der Waals surface area (Å²) >= 11 is 1.66. The van der Waals surface area contributed by atoms with Gasteiger partial charge in [-0.25, -0.2) is 4.79 Å². The first-order chi connectivity index (χ1) is 10.7. The molecule has 0 aliphatic carbocycles. The number of carbonyl (C=O) groups excluding carboxylic acids is 2. The molecule has 2 N–H and O–H groups in total. The zero-order chi connectivity index (χ0) is 15.4. The smallest absolute Gasteiger partial charge is 0.407 e. The van der Waals surface area contributed by atoms with E-state index < -0.39 is 6.09 Å². The Morgan fingerprint density at radius 1 is 1.32 bits per heavy atom. The maximum absolute atomic E-state index is 11.9. The molecule has 0 radical (unpaired) electrons. The van der Waals surface area contributed by atoms with E-state index in [1.807, 2.05) is 41.8 Å². The summed E-state index contributed by atoms with van der Waals surface area (Å²) in [7, 11) is 0. The van der Waals surface area contributed by atoms with Crippen LogP contribution in [0, 0.1) is 0 Å². The van der Waals surface area contributed by atoms with E-state index in [0.717, 1.165) is 17.7 Å². The van der Waals surface area contributed by atoms with E-state index in [1.54, 1.807) is 11.3 Å². The van der Waals surface area contributed by atoms with E-state index in [-0.39, 0.29) is 12.0 Å². The van der Waals surface area contributed by atoms with Gasteiger partial charge in [0.25, 0.3) is 0 Å². The highest BCUT2D eigenvalue weighted by Gasteiger charge is 2.23. The second kappa shape index (κ2) is 6.62. The fourth-order valence-corrected chi connectivity index (χ4v) is 2.98. The number of anilines is 1. The van der Waals surface area contributed by atoms with Crippen LogP contribution in [0.15, 0.2) is 41.8 Å². The number of nitrogens with one attached hydrogen (secondary N) is 2. The van der Waals surface area contributed by atoms with Gasteiger partial charge >= 0.3 is 6.09 Å². The van der Waals surface area contributed by atoms with Crippen molar-refractivity contribution >= 4 is 29.0 Å². The topological polar surface area (TPSA) is 67.4 Å². The molecular weight excluding hydrogens is 300 g/mol. The normalized spacial score (nSPS) is 16.9. The van der Waals surface area contributed by atoms with E-state index >= 15 is 0 Å². The van der Waals surface area contributed by atoms with Crippen molar-refractivity contribution in [3.05, 3.63) is 52.2 Å². The van der Waals surface area contributed by atoms with E-state index in [2.05, 4.69) is 10.6 Å². The summed E-state index contributed by atoms with van der Waals surface area (Å²) in [5.41, 5.74) is 1.66. The summed E-state index contributed by atoms with van der Waals surface area (Å²) in [6.07, 6.45) is 0.574. The number of cyclic esters (lactones) is 1. The van der Waals surface area contributed by atoms with Crippen LogP contribution in [0.4, 0.5) is 10.5 Å². The summed E-state index contributed by atoms with van der Waals surface area (Å²) in [5, 5.41) is 7.50. The molecular formula is C16H16N2O3S. The number of aryl methyl sites for hydroxylation is 1. The number of alkyl carbamates (subject to hydrolysis) is 1. The molecule has 1 aromatic heterocycles. The third-order valence-corrected chi connectivity index (χ3v) is 4.36. The van der Waals surface area contributed by atoms with Crippen LogP contribution < -0.4 is 10.6 Å². The Labute approximate surface area is 132 Å². The third kappa shape index (κ3) is 3.65. The molecule has 2 aromatic rings. The molecule has 3 rings (SSSR count). The van der Waals surface area contributed by atoms with E-state index in [9.17, 15) is 9.59 Å². The zero-order valence-corrected chi connectivity index (χ0v) is 12.7. The minimum Gasteiger partial charge on any atom is -0.439 e. The molecule has 5 nitrogen and oxygen atoms in total. The van der Waals surface area contributed by atoms with Gasteiger partial charge in [-0.1, -0.05) is 18.2 Å². The van der Waals surface area contributed by atoms with Gasteiger partial charge in [0.1, 0.15) is 6.10 Å². The predicted molar refractivity (Wildman–Crippen MR) is 84.9 cm³/mol. The maximum Gasteiger partial charge on any atom is 0.407 e. The molecule has 0 saturated carbocycles. The Hall–Kier alpha value is -2.34. The van der Waals surface area contributed by atoms with Crippen LogP contribution in [0.2, 0.25) is 0 Å². The lowest BCUT2D eigenvalue weighted by atomic mass is 10.1. The summed E-state index contributed by atoms with van der Waals surface area (Å²) in [4.78, 5) is 24.1. The number of hydrogen-bond acceptors (Lipinski definition) is 4. The highest BCUT2D eigenvalue weighted by molar-refractivity contribution is 7.09. The first-order valence-corrected chi connectivity index (χ1v) is 7.95. The Bertz CT molecular complexity index is 653. The minimum absolute atomic E-state index is 0.00453. The molecule has 0 spiro atoms. The number of rotatable bonds is 5. The second-order valence-corrected chi connectivity index (χ2v) is 6.06. The van der Waals surface area contributed by atoms with Gasteiger partial charge in [0.2, 0.25) is 5.91 Å². The van der Waals surface area contributed by atoms with Gasteiger partial charge in [0.05, 0.1) is 6.54 Å². The van der Waals surface area contributed by atoms with E-state index in [1.165, 1.54) is 4.88 Å². The van der Waals surface area contributed by atoms with Gasteiger partial charge in [0.15, 0.2) is 0 Å². The molecule has 6 heteroatoms. The van der Waals surface area contributed by atoms with Gasteiger partial charge in [0, 0.05) is 17.0 Å². The van der Waals surface area contributed by atoms with Crippen molar-refractivity contribution in [2.24, 2.45) is 0 Å². The SMILES string of the molecule is O=C(CCc1cccs1)Nc1ccc(C2CNC(=O)O2)cc1. The molecule has 1 atom stereocenters. The molecule has 1 aliphatic rings. The molecule has 1 aliphatic heterocycles. The van der Waals surface area contributed by atoms with Crippen molar-refractivity contribution in [1.82, 2.24) is 5.32 Å². The monoisotopic (exact) mass is 316 g/mol. The van der Waals surface area contributed by atoms with Crippen LogP contribution in [-0.4, -0.2) is 18.5 Å². The molecule has 114 valence electrons. The van der Waals surface area contributed by atoms with E-state index in [4.69, 9.17) is 4.74 Å². The molecule has 1 unspecified atom stereocenters. The van der Waals surface area contributed by atoms with Gasteiger partial charge in [-0.3, -0.25) is 4.79 Å². The standard InChI is InChI=1S/C16H16N2O3S/c19-15(8-7-13-2-1-9-22-13)18-12-5-3-11(4-6-12)14-10-17-16(20)21-14/h1-6,9,14H,7-8,10H2,(H,17,20)(H,18,19). The largest absolute Gasteiger partial charge is 0.439 e. The van der Waals surface area contributed by atoms with Crippen molar-refractivity contribution < 1.29 is 14.3 Å². The molecule has 1 fully saturated rings.